The van der Waals surface area contributed by atoms with Gasteiger partial charge in [-0.25, -0.2) is 14.6 Å². The van der Waals surface area contributed by atoms with Gasteiger partial charge < -0.3 is 24.1 Å². The number of rotatable bonds is 9. The van der Waals surface area contributed by atoms with Crippen LogP contribution in [0.25, 0.3) is 0 Å². The van der Waals surface area contributed by atoms with Crippen molar-refractivity contribution in [3.05, 3.63) is 122 Å². The molecule has 4 aromatic rings. The number of benzene rings is 2. The van der Waals surface area contributed by atoms with E-state index in [0.29, 0.717) is 4.57 Å². The molecular formula is C31H25ClFN3O10. The maximum Gasteiger partial charge on any atom is 0.344 e. The molecule has 3 heterocycles. The van der Waals surface area contributed by atoms with Crippen LogP contribution in [0.5, 0.6) is 11.6 Å². The smallest absolute Gasteiger partial charge is 0.344 e. The van der Waals surface area contributed by atoms with Crippen molar-refractivity contribution in [3.63, 3.8) is 0 Å². The summed E-state index contributed by atoms with van der Waals surface area (Å²) < 4.78 is 37.7. The van der Waals surface area contributed by atoms with Gasteiger partial charge in [0.1, 0.15) is 17.0 Å². The highest BCUT2D eigenvalue weighted by Crippen LogP contribution is 2.34. The van der Waals surface area contributed by atoms with Crippen LogP contribution in [0.3, 0.4) is 0 Å². The number of carbonyl (C=O) groups excluding carboxylic acids is 3. The summed E-state index contributed by atoms with van der Waals surface area (Å²) in [6.07, 6.45) is -3.79. The van der Waals surface area contributed by atoms with Crippen LogP contribution in [-0.4, -0.2) is 55.6 Å². The molecule has 2 aromatic heterocycles. The molecule has 4 atom stereocenters. The lowest BCUT2D eigenvalue weighted by Gasteiger charge is -2.22. The maximum absolute atomic E-state index is 15.0. The average molecular weight is 654 g/mol. The lowest BCUT2D eigenvalue weighted by Crippen LogP contribution is -2.44. The van der Waals surface area contributed by atoms with Gasteiger partial charge in [0, 0.05) is 37.2 Å². The molecule has 0 bridgehead atoms. The third-order valence-corrected chi connectivity index (χ3v) is 7.13. The normalized spacial score (nSPS) is 18.1. The number of alkyl halides is 1. The SMILES string of the molecule is CC(=O)O[C@@H](F)[C@H]1O[C@@H](n2ccc(=O)n(C(=O)c3cccc(C(=O)Oc4cc(O)c(Cl)cn4)c3)c2=O)C[C@@H]1OCc1ccccc1. The summed E-state index contributed by atoms with van der Waals surface area (Å²) in [4.78, 5) is 67.7. The Morgan fingerprint density at radius 1 is 1.09 bits per heavy atom. The van der Waals surface area contributed by atoms with E-state index < -0.39 is 53.9 Å². The molecule has 1 aliphatic rings. The van der Waals surface area contributed by atoms with Crippen molar-refractivity contribution >= 4 is 29.4 Å². The van der Waals surface area contributed by atoms with Crippen LogP contribution in [0.1, 0.15) is 45.9 Å². The van der Waals surface area contributed by atoms with Crippen LogP contribution in [0.2, 0.25) is 5.02 Å². The summed E-state index contributed by atoms with van der Waals surface area (Å²) in [5, 5.41) is 9.66. The molecule has 1 N–H and O–H groups in total. The Kier molecular flexibility index (Phi) is 9.70. The van der Waals surface area contributed by atoms with Crippen molar-refractivity contribution < 1.29 is 42.8 Å². The zero-order chi connectivity index (χ0) is 33.0. The van der Waals surface area contributed by atoms with E-state index in [-0.39, 0.29) is 40.8 Å². The summed E-state index contributed by atoms with van der Waals surface area (Å²) in [5.41, 5.74) is -1.66. The second-order valence-corrected chi connectivity index (χ2v) is 10.4. The Labute approximate surface area is 264 Å². The molecule has 15 heteroatoms. The number of carbonyl (C=O) groups is 3. The number of ether oxygens (including phenoxy) is 4. The van der Waals surface area contributed by atoms with Crippen molar-refractivity contribution in [1.82, 2.24) is 14.1 Å². The van der Waals surface area contributed by atoms with Crippen LogP contribution >= 0.6 is 11.6 Å². The number of halogens is 2. The van der Waals surface area contributed by atoms with E-state index in [0.717, 1.165) is 47.6 Å². The maximum atomic E-state index is 15.0. The Bertz CT molecular complexity index is 1900. The van der Waals surface area contributed by atoms with E-state index >= 15 is 0 Å². The molecule has 0 unspecified atom stereocenters. The summed E-state index contributed by atoms with van der Waals surface area (Å²) in [7, 11) is 0. The highest BCUT2D eigenvalue weighted by Gasteiger charge is 2.44. The van der Waals surface area contributed by atoms with Gasteiger partial charge in [-0.3, -0.25) is 19.0 Å². The quantitative estimate of drug-likeness (QED) is 0.263. The fraction of sp³-hybridized carbons (Fsp3) is 0.226. The third kappa shape index (κ3) is 7.20. The molecule has 0 aliphatic carbocycles. The van der Waals surface area contributed by atoms with Gasteiger partial charge in [0.2, 0.25) is 5.88 Å². The molecule has 5 rings (SSSR count). The zero-order valence-corrected chi connectivity index (χ0v) is 24.7. The van der Waals surface area contributed by atoms with Gasteiger partial charge in [0.15, 0.2) is 6.10 Å². The number of aromatic hydroxyl groups is 1. The van der Waals surface area contributed by atoms with Crippen LogP contribution < -0.4 is 16.0 Å². The molecule has 1 saturated heterocycles. The Balaban J connectivity index is 1.39. The monoisotopic (exact) mass is 653 g/mol. The lowest BCUT2D eigenvalue weighted by atomic mass is 10.1. The number of hydrogen-bond donors (Lipinski definition) is 1. The second-order valence-electron chi connectivity index (χ2n) is 10.0. The number of aromatic nitrogens is 3. The standard InChI is InChI=1S/C31H25ClFN3O10/c1-17(37)44-28(33)27-23(43-16-18-6-3-2-4-7-18)14-26(46-27)35-11-10-25(39)36(31(35)42)29(40)19-8-5-9-20(12-19)30(41)45-24-13-22(38)21(32)15-34-24/h2-13,15,23,26-28H,14,16H2,1H3,(H,34,38)/t23-,26+,27-,28+/m0/s1. The van der Waals surface area contributed by atoms with Crippen molar-refractivity contribution in [2.24, 2.45) is 0 Å². The molecule has 0 amide bonds. The fourth-order valence-electron chi connectivity index (χ4n) is 4.66. The van der Waals surface area contributed by atoms with E-state index in [2.05, 4.69) is 9.72 Å². The molecule has 0 radical (unpaired) electrons. The van der Waals surface area contributed by atoms with E-state index in [4.69, 9.17) is 25.8 Å². The molecular weight excluding hydrogens is 629 g/mol. The highest BCUT2D eigenvalue weighted by atomic mass is 35.5. The fourth-order valence-corrected chi connectivity index (χ4v) is 4.76. The summed E-state index contributed by atoms with van der Waals surface area (Å²) in [5.74, 6) is -3.57. The van der Waals surface area contributed by atoms with Gasteiger partial charge in [0.05, 0.1) is 24.5 Å². The van der Waals surface area contributed by atoms with Crippen LogP contribution in [-0.2, 0) is 25.6 Å². The first-order chi connectivity index (χ1) is 22.0. The summed E-state index contributed by atoms with van der Waals surface area (Å²) in [6.45, 7) is 1.09. The van der Waals surface area contributed by atoms with E-state index in [1.165, 1.54) is 18.2 Å². The Morgan fingerprint density at radius 2 is 1.83 bits per heavy atom. The first-order valence-corrected chi connectivity index (χ1v) is 14.1. The topological polar surface area (TPSA) is 165 Å². The summed E-state index contributed by atoms with van der Waals surface area (Å²) >= 11 is 5.72. The molecule has 0 saturated carbocycles. The molecule has 238 valence electrons. The minimum absolute atomic E-state index is 0.0611. The van der Waals surface area contributed by atoms with Gasteiger partial charge in [0.25, 0.3) is 17.8 Å². The molecule has 1 fully saturated rings. The third-order valence-electron chi connectivity index (χ3n) is 6.83. The largest absolute Gasteiger partial charge is 0.506 e. The van der Waals surface area contributed by atoms with Gasteiger partial charge in [-0.1, -0.05) is 48.0 Å². The first kappa shape index (κ1) is 32.2. The highest BCUT2D eigenvalue weighted by molar-refractivity contribution is 6.31. The first-order valence-electron chi connectivity index (χ1n) is 13.7. The van der Waals surface area contributed by atoms with Crippen LogP contribution in [0.4, 0.5) is 4.39 Å². The van der Waals surface area contributed by atoms with Gasteiger partial charge >= 0.3 is 17.6 Å². The van der Waals surface area contributed by atoms with Crippen molar-refractivity contribution in [2.75, 3.05) is 0 Å². The minimum Gasteiger partial charge on any atom is -0.506 e. The number of nitrogens with zero attached hydrogens (tertiary/aromatic N) is 3. The predicted octanol–water partition coefficient (Wildman–Crippen LogP) is 3.40. The average Bonchev–Trinajstić information content (AvgIpc) is 3.46. The number of hydrogen-bond acceptors (Lipinski definition) is 11. The lowest BCUT2D eigenvalue weighted by molar-refractivity contribution is -0.184. The van der Waals surface area contributed by atoms with E-state index in [9.17, 15) is 33.5 Å². The van der Waals surface area contributed by atoms with Gasteiger partial charge in [-0.05, 0) is 23.8 Å². The molecule has 46 heavy (non-hydrogen) atoms. The predicted molar refractivity (Wildman–Crippen MR) is 157 cm³/mol. The van der Waals surface area contributed by atoms with Crippen LogP contribution in [0.15, 0.2) is 88.7 Å². The molecule has 1 aliphatic heterocycles. The van der Waals surface area contributed by atoms with Crippen molar-refractivity contribution in [1.29, 1.82) is 0 Å². The zero-order valence-electron chi connectivity index (χ0n) is 23.9. The molecule has 2 aromatic carbocycles. The van der Waals surface area contributed by atoms with Crippen molar-refractivity contribution in [2.45, 2.75) is 44.7 Å². The van der Waals surface area contributed by atoms with E-state index in [1.807, 2.05) is 6.07 Å². The van der Waals surface area contributed by atoms with Crippen molar-refractivity contribution in [3.8, 4) is 11.6 Å². The number of pyridine rings is 1. The minimum atomic E-state index is -2.24. The molecule has 13 nitrogen and oxygen atoms in total. The van der Waals surface area contributed by atoms with Gasteiger partial charge in [-0.15, -0.1) is 0 Å². The van der Waals surface area contributed by atoms with E-state index in [1.54, 1.807) is 24.3 Å². The molecule has 0 spiro atoms. The Hall–Kier alpha value is -5.18. The Morgan fingerprint density at radius 3 is 2.54 bits per heavy atom. The van der Waals surface area contributed by atoms with Gasteiger partial charge in [-0.2, -0.15) is 8.96 Å². The second kappa shape index (κ2) is 13.9. The number of esters is 2. The van der Waals surface area contributed by atoms with Crippen LogP contribution in [0, 0.1) is 0 Å². The summed E-state index contributed by atoms with van der Waals surface area (Å²) in [6, 6.07) is 16.0.